The Labute approximate surface area is 226 Å². The molecule has 1 saturated carbocycles. The van der Waals surface area contributed by atoms with Crippen molar-refractivity contribution in [3.8, 4) is 0 Å². The van der Waals surface area contributed by atoms with Crippen molar-refractivity contribution in [3.63, 3.8) is 0 Å². The number of aryl methyl sites for hydroxylation is 2. The van der Waals surface area contributed by atoms with Gasteiger partial charge in [0.05, 0.1) is 18.6 Å². The zero-order valence-corrected chi connectivity index (χ0v) is 22.5. The van der Waals surface area contributed by atoms with E-state index in [1.807, 2.05) is 30.3 Å². The van der Waals surface area contributed by atoms with Gasteiger partial charge in [0.15, 0.2) is 0 Å². The van der Waals surface area contributed by atoms with E-state index in [0.717, 1.165) is 81.7 Å². The van der Waals surface area contributed by atoms with Gasteiger partial charge in [-0.2, -0.15) is 0 Å². The van der Waals surface area contributed by atoms with Crippen molar-refractivity contribution in [1.82, 2.24) is 15.2 Å². The smallest absolute Gasteiger partial charge is 0.326 e. The maximum absolute atomic E-state index is 12.8. The molecule has 0 spiro atoms. The molecular formula is C30H42N4O4. The Bertz CT molecular complexity index is 1040. The summed E-state index contributed by atoms with van der Waals surface area (Å²) in [6.07, 6.45) is 8.19. The summed E-state index contributed by atoms with van der Waals surface area (Å²) in [5.74, 6) is -0.636. The number of anilines is 1. The first kappa shape index (κ1) is 28.0. The van der Waals surface area contributed by atoms with E-state index < -0.39 is 17.9 Å². The van der Waals surface area contributed by atoms with Crippen LogP contribution in [0, 0.1) is 0 Å². The molecule has 1 amide bonds. The lowest BCUT2D eigenvalue weighted by Gasteiger charge is -2.25. The van der Waals surface area contributed by atoms with Crippen LogP contribution in [0.15, 0.2) is 42.5 Å². The first-order valence-electron chi connectivity index (χ1n) is 14.1. The van der Waals surface area contributed by atoms with Crippen molar-refractivity contribution >= 4 is 17.7 Å². The number of hydrogen-bond acceptors (Lipinski definition) is 6. The molecule has 4 rings (SSSR count). The van der Waals surface area contributed by atoms with Crippen LogP contribution in [0.3, 0.4) is 0 Å². The number of amides is 1. The molecule has 0 radical (unpaired) electrons. The van der Waals surface area contributed by atoms with Gasteiger partial charge < -0.3 is 25.4 Å². The third-order valence-electron chi connectivity index (χ3n) is 7.44. The molecule has 2 aromatic rings. The first-order valence-corrected chi connectivity index (χ1v) is 14.1. The van der Waals surface area contributed by atoms with Crippen LogP contribution in [-0.2, 0) is 27.2 Å². The second kappa shape index (κ2) is 14.3. The van der Waals surface area contributed by atoms with Gasteiger partial charge in [-0.3, -0.25) is 4.79 Å². The summed E-state index contributed by atoms with van der Waals surface area (Å²) in [7, 11) is 0. The van der Waals surface area contributed by atoms with Crippen molar-refractivity contribution < 1.29 is 19.4 Å². The molecular weight excluding hydrogens is 480 g/mol. The number of ether oxygens (including phenoxy) is 1. The fourth-order valence-electron chi connectivity index (χ4n) is 4.83. The van der Waals surface area contributed by atoms with E-state index in [1.54, 1.807) is 6.92 Å². The second-order valence-electron chi connectivity index (χ2n) is 10.5. The molecule has 2 atom stereocenters. The fourth-order valence-corrected chi connectivity index (χ4v) is 4.83. The van der Waals surface area contributed by atoms with Crippen molar-refractivity contribution in [2.24, 2.45) is 0 Å². The Hall–Kier alpha value is -2.97. The fraction of sp³-hybridized carbons (Fsp3) is 0.567. The lowest BCUT2D eigenvalue weighted by molar-refractivity contribution is -0.142. The van der Waals surface area contributed by atoms with Crippen LogP contribution < -0.4 is 10.6 Å². The minimum Gasteiger partial charge on any atom is -0.480 e. The van der Waals surface area contributed by atoms with Gasteiger partial charge in [0.25, 0.3) is 0 Å². The number of rotatable bonds is 16. The molecule has 206 valence electrons. The third kappa shape index (κ3) is 8.81. The number of hydrogen-bond donors (Lipinski definition) is 3. The molecule has 8 nitrogen and oxygen atoms in total. The number of benzene rings is 1. The van der Waals surface area contributed by atoms with E-state index in [-0.39, 0.29) is 5.91 Å². The SMILES string of the molecule is CC(C(=O)NC(CCN(CCCCc1ccc2c(n1)NCCC2)CCOC1CC1)C(=O)O)c1ccccc1. The van der Waals surface area contributed by atoms with Crippen LogP contribution in [0.5, 0.6) is 0 Å². The van der Waals surface area contributed by atoms with Crippen molar-refractivity contribution in [2.45, 2.75) is 76.4 Å². The van der Waals surface area contributed by atoms with Gasteiger partial charge in [0, 0.05) is 25.3 Å². The van der Waals surface area contributed by atoms with Gasteiger partial charge >= 0.3 is 5.97 Å². The molecule has 8 heteroatoms. The highest BCUT2D eigenvalue weighted by atomic mass is 16.5. The number of aromatic nitrogens is 1. The molecule has 2 heterocycles. The molecule has 0 bridgehead atoms. The van der Waals surface area contributed by atoms with Crippen LogP contribution in [0.1, 0.15) is 68.2 Å². The average molecular weight is 523 g/mol. The number of fused-ring (bicyclic) bond motifs is 1. The number of unbranched alkanes of at least 4 members (excludes halogenated alkanes) is 1. The number of carboxylic acids is 1. The normalized spacial score (nSPS) is 16.4. The summed E-state index contributed by atoms with van der Waals surface area (Å²) < 4.78 is 5.87. The topological polar surface area (TPSA) is 104 Å². The van der Waals surface area contributed by atoms with Gasteiger partial charge in [0.1, 0.15) is 11.9 Å². The minimum atomic E-state index is -1.00. The Morgan fingerprint density at radius 1 is 1.13 bits per heavy atom. The maximum Gasteiger partial charge on any atom is 0.326 e. The summed E-state index contributed by atoms with van der Waals surface area (Å²) in [4.78, 5) is 31.8. The van der Waals surface area contributed by atoms with E-state index >= 15 is 0 Å². The number of nitrogens with zero attached hydrogens (tertiary/aromatic N) is 2. The van der Waals surface area contributed by atoms with Gasteiger partial charge in [-0.1, -0.05) is 36.4 Å². The van der Waals surface area contributed by atoms with Crippen molar-refractivity contribution in [1.29, 1.82) is 0 Å². The molecule has 1 aliphatic carbocycles. The minimum absolute atomic E-state index is 0.265. The lowest BCUT2D eigenvalue weighted by atomic mass is 10.00. The predicted molar refractivity (Wildman–Crippen MR) is 148 cm³/mol. The Kier molecular flexibility index (Phi) is 10.5. The Balaban J connectivity index is 1.25. The number of nitrogens with one attached hydrogen (secondary N) is 2. The van der Waals surface area contributed by atoms with Gasteiger partial charge in [-0.05, 0) is 82.0 Å². The summed E-state index contributed by atoms with van der Waals surface area (Å²) in [5, 5.41) is 16.0. The van der Waals surface area contributed by atoms with Crippen LogP contribution in [-0.4, -0.2) is 71.8 Å². The van der Waals surface area contributed by atoms with E-state index in [0.29, 0.717) is 25.7 Å². The molecule has 2 unspecified atom stereocenters. The van der Waals surface area contributed by atoms with Gasteiger partial charge in [-0.15, -0.1) is 0 Å². The molecule has 1 aromatic carbocycles. The number of carboxylic acid groups (broad SMARTS) is 1. The zero-order chi connectivity index (χ0) is 26.7. The van der Waals surface area contributed by atoms with E-state index in [9.17, 15) is 14.7 Å². The predicted octanol–water partition coefficient (Wildman–Crippen LogP) is 4.01. The molecule has 38 heavy (non-hydrogen) atoms. The molecule has 1 aliphatic heterocycles. The number of carbonyl (C=O) groups excluding carboxylic acids is 1. The standard InChI is InChI=1S/C30H42N4O4/c1-22(23-8-3-2-4-9-23)29(35)33-27(30(36)37)16-19-34(20-21-38-26-14-15-26)18-6-5-11-25-13-12-24-10-7-17-31-28(24)32-25/h2-4,8-9,12-13,22,26-27H,5-7,10-11,14-21H2,1H3,(H,31,32)(H,33,35)(H,36,37). The number of carbonyl (C=O) groups is 2. The van der Waals surface area contributed by atoms with E-state index in [4.69, 9.17) is 9.72 Å². The zero-order valence-electron chi connectivity index (χ0n) is 22.5. The molecule has 2 aliphatic rings. The quantitative estimate of drug-likeness (QED) is 0.286. The van der Waals surface area contributed by atoms with Gasteiger partial charge in [-0.25, -0.2) is 9.78 Å². The molecule has 3 N–H and O–H groups in total. The highest BCUT2D eigenvalue weighted by molar-refractivity contribution is 5.87. The van der Waals surface area contributed by atoms with E-state index in [1.165, 1.54) is 5.56 Å². The van der Waals surface area contributed by atoms with Gasteiger partial charge in [0.2, 0.25) is 5.91 Å². The first-order chi connectivity index (χ1) is 18.5. The maximum atomic E-state index is 12.8. The Morgan fingerprint density at radius 3 is 2.71 bits per heavy atom. The summed E-state index contributed by atoms with van der Waals surface area (Å²) in [5.41, 5.74) is 3.29. The number of pyridine rings is 1. The number of aliphatic carboxylic acids is 1. The molecule has 0 saturated heterocycles. The van der Waals surface area contributed by atoms with Crippen LogP contribution in [0.2, 0.25) is 0 Å². The highest BCUT2D eigenvalue weighted by Crippen LogP contribution is 2.23. The summed E-state index contributed by atoms with van der Waals surface area (Å²) >= 11 is 0. The van der Waals surface area contributed by atoms with Crippen LogP contribution >= 0.6 is 0 Å². The molecule has 1 fully saturated rings. The van der Waals surface area contributed by atoms with Crippen molar-refractivity contribution in [3.05, 3.63) is 59.3 Å². The highest BCUT2D eigenvalue weighted by Gasteiger charge is 2.25. The summed E-state index contributed by atoms with van der Waals surface area (Å²) in [6, 6.07) is 12.9. The van der Waals surface area contributed by atoms with Crippen LogP contribution in [0.25, 0.3) is 0 Å². The Morgan fingerprint density at radius 2 is 1.95 bits per heavy atom. The third-order valence-corrected chi connectivity index (χ3v) is 7.44. The van der Waals surface area contributed by atoms with Crippen LogP contribution in [0.4, 0.5) is 5.82 Å². The summed E-state index contributed by atoms with van der Waals surface area (Å²) in [6.45, 7) is 5.66. The molecule has 1 aromatic heterocycles. The monoisotopic (exact) mass is 522 g/mol. The lowest BCUT2D eigenvalue weighted by Crippen LogP contribution is -2.45. The average Bonchev–Trinajstić information content (AvgIpc) is 3.77. The van der Waals surface area contributed by atoms with Crippen molar-refractivity contribution in [2.75, 3.05) is 38.1 Å². The van der Waals surface area contributed by atoms with E-state index in [2.05, 4.69) is 27.7 Å². The largest absolute Gasteiger partial charge is 0.480 e. The second-order valence-corrected chi connectivity index (χ2v) is 10.5.